The van der Waals surface area contributed by atoms with E-state index < -0.39 is 0 Å². The lowest BCUT2D eigenvalue weighted by Crippen LogP contribution is -2.00. The van der Waals surface area contributed by atoms with Crippen molar-refractivity contribution in [3.8, 4) is 157 Å². The smallest absolute Gasteiger partial charge is 0.164 e. The van der Waals surface area contributed by atoms with Crippen molar-refractivity contribution in [1.82, 2.24) is 39.9 Å². The number of aromatic nitrogens is 8. The van der Waals surface area contributed by atoms with Gasteiger partial charge < -0.3 is 0 Å². The van der Waals surface area contributed by atoms with Gasteiger partial charge in [-0.25, -0.2) is 29.9 Å². The molecular weight excluding hydrogens is 1360 g/mol. The summed E-state index contributed by atoms with van der Waals surface area (Å²) in [4.78, 5) is 39.2. The number of hydrogen-bond donors (Lipinski definition) is 0. The van der Waals surface area contributed by atoms with Gasteiger partial charge in [0.15, 0.2) is 34.9 Å². The molecule has 0 atom stereocenters. The van der Waals surface area contributed by atoms with Crippen molar-refractivity contribution in [3.63, 3.8) is 0 Å². The summed E-state index contributed by atoms with van der Waals surface area (Å²) in [5.41, 5.74) is 26.3. The third-order valence-corrected chi connectivity index (χ3v) is 20.8. The molecule has 0 aliphatic heterocycles. The average molecular weight is 1430 g/mol. The predicted molar refractivity (Wildman–Crippen MR) is 461 cm³/mol. The Labute approximate surface area is 649 Å². The maximum Gasteiger partial charge on any atom is 0.164 e. The van der Waals surface area contributed by atoms with Crippen LogP contribution in [0.15, 0.2) is 413 Å². The van der Waals surface area contributed by atoms with Gasteiger partial charge in [0.2, 0.25) is 0 Å². The Morgan fingerprint density at radius 2 is 0.384 bits per heavy atom. The SMILES string of the molecule is c1ccc(-c2ccc(-c3nc(-c4ccccc4)nc(-c4ccc(-c5cccc(-c6cccc(-c7cc8cccnc8c8ccccc78)c6)c5)cc4)n3)cc2)cc1.c1ccc(-c2ccc(-c3nc(-c4ccccc4)nc(-c4ccc(-c5cccc(-c6cccc(-c7cccc8c7ccc7cccnc78)c6)c5)cc4)n3)cc2)cc1. The molecule has 4 heterocycles. The van der Waals surface area contributed by atoms with E-state index in [0.29, 0.717) is 34.9 Å². The standard InChI is InChI=1S/2C52H34N4/c1-3-11-35(12-4-1)36-22-26-40(27-23-36)51-54-50(39-13-5-2-6-14-39)55-52(56-51)41-28-24-37(25-29-41)42-15-7-16-43(33-42)44-17-8-18-45(34-44)46-20-9-21-48-47(46)31-30-38-19-10-32-53-49(38)48;1-3-12-35(13-4-1)36-23-27-39(28-24-36)51-54-50(38-14-5-2-6-15-38)55-52(56-51)40-29-25-37(26-30-40)41-16-9-17-42(32-41)43-18-10-19-44(33-43)48-34-45-20-11-31-53-49(45)47-22-8-7-21-46(47)48/h2*1-34H. The molecule has 0 fully saturated rings. The Balaban J connectivity index is 0.000000151. The fourth-order valence-electron chi connectivity index (χ4n) is 15.0. The molecule has 0 aliphatic carbocycles. The van der Waals surface area contributed by atoms with Crippen LogP contribution in [0.3, 0.4) is 0 Å². The monoisotopic (exact) mass is 1430 g/mol. The van der Waals surface area contributed by atoms with Gasteiger partial charge >= 0.3 is 0 Å². The van der Waals surface area contributed by atoms with Crippen LogP contribution in [0.4, 0.5) is 0 Å². The highest BCUT2D eigenvalue weighted by Crippen LogP contribution is 2.40. The molecule has 8 nitrogen and oxygen atoms in total. The Morgan fingerprint density at radius 1 is 0.134 bits per heavy atom. The predicted octanol–water partition coefficient (Wildman–Crippen LogP) is 26.5. The molecule has 0 spiro atoms. The largest absolute Gasteiger partial charge is 0.256 e. The topological polar surface area (TPSA) is 103 Å². The summed E-state index contributed by atoms with van der Waals surface area (Å²) in [7, 11) is 0. The van der Waals surface area contributed by atoms with Crippen LogP contribution in [0.25, 0.3) is 201 Å². The molecular formula is C104H68N8. The molecule has 8 heteroatoms. The maximum absolute atomic E-state index is 5.00. The second-order valence-electron chi connectivity index (χ2n) is 27.8. The second kappa shape index (κ2) is 30.3. The number of nitrogens with zero attached hydrogens (tertiary/aromatic N) is 8. The highest BCUT2D eigenvalue weighted by atomic mass is 15.0. The first-order chi connectivity index (χ1) is 55.5. The minimum absolute atomic E-state index is 0.634. The van der Waals surface area contributed by atoms with Crippen molar-refractivity contribution in [1.29, 1.82) is 0 Å². The van der Waals surface area contributed by atoms with Crippen molar-refractivity contribution in [2.24, 2.45) is 0 Å². The summed E-state index contributed by atoms with van der Waals surface area (Å²) < 4.78 is 0. The summed E-state index contributed by atoms with van der Waals surface area (Å²) in [6, 6.07) is 140. The first-order valence-corrected chi connectivity index (χ1v) is 37.6. The zero-order valence-electron chi connectivity index (χ0n) is 60.8. The van der Waals surface area contributed by atoms with Crippen molar-refractivity contribution in [3.05, 3.63) is 413 Å². The van der Waals surface area contributed by atoms with Crippen LogP contribution in [0, 0.1) is 0 Å². The molecule has 0 radical (unpaired) electrons. The van der Waals surface area contributed by atoms with E-state index in [4.69, 9.17) is 39.9 Å². The summed E-state index contributed by atoms with van der Waals surface area (Å²) in [5.74, 6) is 3.84. The molecule has 20 rings (SSSR count). The van der Waals surface area contributed by atoms with Crippen LogP contribution in [-0.2, 0) is 0 Å². The van der Waals surface area contributed by atoms with Crippen molar-refractivity contribution in [2.75, 3.05) is 0 Å². The number of fused-ring (bicyclic) bond motifs is 6. The third-order valence-electron chi connectivity index (χ3n) is 20.8. The quantitative estimate of drug-likeness (QED) is 0.0992. The Bertz CT molecular complexity index is 6790. The molecule has 0 saturated heterocycles. The molecule has 112 heavy (non-hydrogen) atoms. The van der Waals surface area contributed by atoms with Crippen molar-refractivity contribution < 1.29 is 0 Å². The van der Waals surface area contributed by atoms with E-state index in [1.54, 1.807) is 0 Å². The van der Waals surface area contributed by atoms with Gasteiger partial charge in [-0.15, -0.1) is 0 Å². The lowest BCUT2D eigenvalue weighted by Gasteiger charge is -2.12. The summed E-state index contributed by atoms with van der Waals surface area (Å²) in [5, 5.41) is 7.02. The van der Waals surface area contributed by atoms with Gasteiger partial charge in [0.05, 0.1) is 11.0 Å². The Kier molecular flexibility index (Phi) is 18.2. The highest BCUT2D eigenvalue weighted by molar-refractivity contribution is 6.13. The van der Waals surface area contributed by atoms with Crippen LogP contribution >= 0.6 is 0 Å². The van der Waals surface area contributed by atoms with Crippen LogP contribution in [0.2, 0.25) is 0 Å². The molecule has 0 aliphatic rings. The van der Waals surface area contributed by atoms with E-state index in [1.807, 2.05) is 97.3 Å². The van der Waals surface area contributed by atoms with Gasteiger partial charge in [-0.1, -0.05) is 358 Å². The minimum Gasteiger partial charge on any atom is -0.256 e. The summed E-state index contributed by atoms with van der Waals surface area (Å²) >= 11 is 0. The Hall–Kier alpha value is -15.1. The molecule has 0 amide bonds. The van der Waals surface area contributed by atoms with Gasteiger partial charge in [0, 0.05) is 67.3 Å². The Morgan fingerprint density at radius 3 is 0.786 bits per heavy atom. The molecule has 0 bridgehead atoms. The lowest BCUT2D eigenvalue weighted by atomic mass is 9.92. The van der Waals surface area contributed by atoms with Gasteiger partial charge in [0.25, 0.3) is 0 Å². The first-order valence-electron chi connectivity index (χ1n) is 37.6. The van der Waals surface area contributed by atoms with Crippen molar-refractivity contribution >= 4 is 43.4 Å². The summed E-state index contributed by atoms with van der Waals surface area (Å²) in [6.07, 6.45) is 3.74. The number of rotatable bonds is 14. The van der Waals surface area contributed by atoms with Crippen LogP contribution in [-0.4, -0.2) is 39.9 Å². The summed E-state index contributed by atoms with van der Waals surface area (Å²) in [6.45, 7) is 0. The molecule has 524 valence electrons. The zero-order chi connectivity index (χ0) is 74.5. The van der Waals surface area contributed by atoms with E-state index in [1.165, 1.54) is 66.1 Å². The third kappa shape index (κ3) is 13.9. The first kappa shape index (κ1) is 67.5. The zero-order valence-corrected chi connectivity index (χ0v) is 60.8. The molecule has 0 unspecified atom stereocenters. The van der Waals surface area contributed by atoms with E-state index in [0.717, 1.165) is 99.7 Å². The van der Waals surface area contributed by atoms with E-state index in [9.17, 15) is 0 Å². The van der Waals surface area contributed by atoms with Crippen molar-refractivity contribution in [2.45, 2.75) is 0 Å². The van der Waals surface area contributed by atoms with E-state index >= 15 is 0 Å². The number of pyridine rings is 2. The van der Waals surface area contributed by atoms with E-state index in [2.05, 4.69) is 315 Å². The highest BCUT2D eigenvalue weighted by Gasteiger charge is 2.18. The molecule has 0 saturated carbocycles. The van der Waals surface area contributed by atoms with Gasteiger partial charge in [-0.2, -0.15) is 0 Å². The van der Waals surface area contributed by atoms with Crippen LogP contribution < -0.4 is 0 Å². The number of hydrogen-bond acceptors (Lipinski definition) is 8. The maximum atomic E-state index is 5.00. The fourth-order valence-corrected chi connectivity index (χ4v) is 15.0. The minimum atomic E-state index is 0.634. The normalized spacial score (nSPS) is 11.2. The lowest BCUT2D eigenvalue weighted by molar-refractivity contribution is 1.07. The molecule has 4 aromatic heterocycles. The van der Waals surface area contributed by atoms with E-state index in [-0.39, 0.29) is 0 Å². The average Bonchev–Trinajstić information content (AvgIpc) is 0.764. The van der Waals surface area contributed by atoms with Gasteiger partial charge in [0.1, 0.15) is 0 Å². The van der Waals surface area contributed by atoms with Gasteiger partial charge in [-0.3, -0.25) is 9.97 Å². The fraction of sp³-hybridized carbons (Fsp3) is 0. The van der Waals surface area contributed by atoms with Gasteiger partial charge in [-0.05, 0) is 142 Å². The molecule has 20 aromatic rings. The second-order valence-corrected chi connectivity index (χ2v) is 27.8. The van der Waals surface area contributed by atoms with Crippen LogP contribution in [0.1, 0.15) is 0 Å². The number of benzene rings is 16. The molecule has 0 N–H and O–H groups in total. The van der Waals surface area contributed by atoms with Crippen LogP contribution in [0.5, 0.6) is 0 Å². The molecule has 16 aromatic carbocycles.